The van der Waals surface area contributed by atoms with Crippen molar-refractivity contribution in [1.82, 2.24) is 11.0 Å². The summed E-state index contributed by atoms with van der Waals surface area (Å²) in [6.07, 6.45) is 6.70. The normalized spacial score (nSPS) is 10.4. The van der Waals surface area contributed by atoms with Gasteiger partial charge in [-0.2, -0.15) is 5.53 Å². The highest BCUT2D eigenvalue weighted by Crippen LogP contribution is 2.06. The smallest absolute Gasteiger partial charge is 0.303 e. The zero-order chi connectivity index (χ0) is 10.6. The molecule has 0 spiro atoms. The number of hydrogen-bond acceptors (Lipinski definition) is 4. The van der Waals surface area contributed by atoms with E-state index in [9.17, 15) is 4.79 Å². The second-order valence-electron chi connectivity index (χ2n) is 3.34. The summed E-state index contributed by atoms with van der Waals surface area (Å²) in [5.41, 5.74) is 5.19. The van der Waals surface area contributed by atoms with E-state index < -0.39 is 5.97 Å². The predicted octanol–water partition coefficient (Wildman–Crippen LogP) is 0.770. The van der Waals surface area contributed by atoms with E-state index in [2.05, 4.69) is 11.0 Å². The first-order chi connectivity index (χ1) is 6.77. The summed E-state index contributed by atoms with van der Waals surface area (Å²) in [5.74, 6) is 4.33. The number of hydrogen-bond donors (Lipinski definition) is 4. The van der Waals surface area contributed by atoms with E-state index in [1.807, 2.05) is 0 Å². The topological polar surface area (TPSA) is 87.4 Å². The molecule has 0 saturated heterocycles. The lowest BCUT2D eigenvalue weighted by atomic mass is 10.1. The fraction of sp³-hybridized carbons (Fsp3) is 0.889. The van der Waals surface area contributed by atoms with E-state index in [4.69, 9.17) is 10.9 Å². The van der Waals surface area contributed by atoms with Gasteiger partial charge in [-0.05, 0) is 12.8 Å². The summed E-state index contributed by atoms with van der Waals surface area (Å²) in [4.78, 5) is 10.2. The average molecular weight is 203 g/mol. The molecule has 14 heavy (non-hydrogen) atoms. The molecule has 0 unspecified atom stereocenters. The van der Waals surface area contributed by atoms with Gasteiger partial charge in [0.2, 0.25) is 0 Å². The van der Waals surface area contributed by atoms with E-state index in [-0.39, 0.29) is 0 Å². The number of nitrogens with two attached hydrogens (primary N) is 1. The van der Waals surface area contributed by atoms with Gasteiger partial charge in [0.15, 0.2) is 0 Å². The summed E-state index contributed by atoms with van der Waals surface area (Å²) in [6.45, 7) is 0.881. The molecule has 0 atom stereocenters. The Balaban J connectivity index is 2.88. The number of nitrogens with one attached hydrogen (secondary N) is 2. The van der Waals surface area contributed by atoms with Crippen LogP contribution in [0.15, 0.2) is 0 Å². The molecule has 0 heterocycles. The van der Waals surface area contributed by atoms with Crippen molar-refractivity contribution in [2.24, 2.45) is 5.84 Å². The molecular weight excluding hydrogens is 182 g/mol. The molecule has 0 amide bonds. The Kier molecular flexibility index (Phi) is 9.95. The molecule has 0 aromatic heterocycles. The number of aliphatic carboxylic acids is 1. The summed E-state index contributed by atoms with van der Waals surface area (Å²) < 4.78 is 0. The molecule has 5 N–H and O–H groups in total. The molecular formula is C9H21N3O2. The second-order valence-corrected chi connectivity index (χ2v) is 3.34. The van der Waals surface area contributed by atoms with Crippen LogP contribution in [0, 0.1) is 0 Å². The Hall–Kier alpha value is -0.650. The number of unbranched alkanes of at least 4 members (excludes halogenated alkanes) is 5. The van der Waals surface area contributed by atoms with Crippen molar-refractivity contribution in [2.75, 3.05) is 6.54 Å². The molecule has 0 aromatic rings. The lowest BCUT2D eigenvalue weighted by molar-refractivity contribution is -0.137. The Morgan fingerprint density at radius 2 is 1.64 bits per heavy atom. The van der Waals surface area contributed by atoms with Gasteiger partial charge in [0.25, 0.3) is 0 Å². The highest BCUT2D eigenvalue weighted by atomic mass is 16.4. The van der Waals surface area contributed by atoms with Crippen LogP contribution in [0.3, 0.4) is 0 Å². The zero-order valence-electron chi connectivity index (χ0n) is 8.59. The van der Waals surface area contributed by atoms with Crippen LogP contribution in [0.25, 0.3) is 0 Å². The van der Waals surface area contributed by atoms with Gasteiger partial charge in [0.05, 0.1) is 0 Å². The van der Waals surface area contributed by atoms with E-state index in [0.717, 1.165) is 32.2 Å². The minimum absolute atomic E-state index is 0.304. The molecule has 0 aliphatic heterocycles. The van der Waals surface area contributed by atoms with Gasteiger partial charge in [0.1, 0.15) is 0 Å². The highest BCUT2D eigenvalue weighted by molar-refractivity contribution is 5.66. The Morgan fingerprint density at radius 1 is 1.07 bits per heavy atom. The number of carbonyl (C=O) groups is 1. The van der Waals surface area contributed by atoms with Crippen molar-refractivity contribution >= 4 is 5.97 Å². The molecule has 84 valence electrons. The summed E-state index contributed by atoms with van der Waals surface area (Å²) in [6, 6.07) is 0. The quantitative estimate of drug-likeness (QED) is 0.239. The molecule has 0 rings (SSSR count). The van der Waals surface area contributed by atoms with Gasteiger partial charge in [-0.15, -0.1) is 0 Å². The average Bonchev–Trinajstić information content (AvgIpc) is 2.15. The molecule has 5 heteroatoms. The van der Waals surface area contributed by atoms with Crippen LogP contribution < -0.4 is 16.8 Å². The van der Waals surface area contributed by atoms with Crippen molar-refractivity contribution in [3.8, 4) is 0 Å². The van der Waals surface area contributed by atoms with Crippen molar-refractivity contribution < 1.29 is 9.90 Å². The highest BCUT2D eigenvalue weighted by Gasteiger charge is 1.96. The predicted molar refractivity (Wildman–Crippen MR) is 55.3 cm³/mol. The van der Waals surface area contributed by atoms with E-state index in [1.165, 1.54) is 12.8 Å². The van der Waals surface area contributed by atoms with Gasteiger partial charge in [-0.3, -0.25) is 10.6 Å². The molecule has 0 bridgehead atoms. The Morgan fingerprint density at radius 3 is 2.21 bits per heavy atom. The maximum absolute atomic E-state index is 10.2. The van der Waals surface area contributed by atoms with Crippen LogP contribution >= 0.6 is 0 Å². The van der Waals surface area contributed by atoms with E-state index in [0.29, 0.717) is 6.42 Å². The lowest BCUT2D eigenvalue weighted by Gasteiger charge is -2.02. The minimum atomic E-state index is -0.691. The molecule has 0 fully saturated rings. The molecule has 0 aromatic carbocycles. The Bertz CT molecular complexity index is 142. The molecule has 0 saturated carbocycles. The van der Waals surface area contributed by atoms with E-state index in [1.54, 1.807) is 0 Å². The third-order valence-electron chi connectivity index (χ3n) is 2.04. The van der Waals surface area contributed by atoms with Gasteiger partial charge < -0.3 is 5.11 Å². The molecule has 5 nitrogen and oxygen atoms in total. The van der Waals surface area contributed by atoms with Crippen LogP contribution in [0.4, 0.5) is 0 Å². The van der Waals surface area contributed by atoms with Gasteiger partial charge in [-0.25, -0.2) is 5.43 Å². The Labute approximate surface area is 85.0 Å². The standard InChI is InChI=1S/C9H21N3O2/c10-12-11-8-6-4-2-1-3-5-7-9(13)14/h11-12H,1-8,10H2,(H,13,14). The fourth-order valence-corrected chi connectivity index (χ4v) is 1.27. The van der Waals surface area contributed by atoms with Crippen molar-refractivity contribution in [2.45, 2.75) is 44.9 Å². The van der Waals surface area contributed by atoms with Crippen molar-refractivity contribution in [3.05, 3.63) is 0 Å². The van der Waals surface area contributed by atoms with Crippen molar-refractivity contribution in [3.63, 3.8) is 0 Å². The first-order valence-corrected chi connectivity index (χ1v) is 5.17. The SMILES string of the molecule is NNNCCCCCCCCC(=O)O. The third-order valence-corrected chi connectivity index (χ3v) is 2.04. The summed E-state index contributed by atoms with van der Waals surface area (Å²) in [5, 5.41) is 8.39. The number of carboxylic acid groups (broad SMARTS) is 1. The van der Waals surface area contributed by atoms with E-state index >= 15 is 0 Å². The largest absolute Gasteiger partial charge is 0.481 e. The van der Waals surface area contributed by atoms with Crippen LogP contribution in [0.2, 0.25) is 0 Å². The van der Waals surface area contributed by atoms with Crippen LogP contribution in [0.1, 0.15) is 44.9 Å². The van der Waals surface area contributed by atoms with Crippen molar-refractivity contribution in [1.29, 1.82) is 0 Å². The van der Waals surface area contributed by atoms with Gasteiger partial charge in [0, 0.05) is 13.0 Å². The lowest BCUT2D eigenvalue weighted by Crippen LogP contribution is -2.38. The van der Waals surface area contributed by atoms with Gasteiger partial charge >= 0.3 is 5.97 Å². The number of carboxylic acids is 1. The molecule has 0 aliphatic rings. The first-order valence-electron chi connectivity index (χ1n) is 5.17. The maximum Gasteiger partial charge on any atom is 0.303 e. The summed E-state index contributed by atoms with van der Waals surface area (Å²) in [7, 11) is 0. The molecule has 0 aliphatic carbocycles. The third kappa shape index (κ3) is 11.4. The second kappa shape index (κ2) is 10.4. The van der Waals surface area contributed by atoms with Crippen LogP contribution in [-0.2, 0) is 4.79 Å². The summed E-state index contributed by atoms with van der Waals surface area (Å²) >= 11 is 0. The fourth-order valence-electron chi connectivity index (χ4n) is 1.27. The number of hydrazine groups is 2. The minimum Gasteiger partial charge on any atom is -0.481 e. The van der Waals surface area contributed by atoms with Gasteiger partial charge in [-0.1, -0.05) is 25.7 Å². The van der Waals surface area contributed by atoms with Crippen LogP contribution in [-0.4, -0.2) is 17.6 Å². The first kappa shape index (κ1) is 13.4. The number of rotatable bonds is 10. The zero-order valence-corrected chi connectivity index (χ0v) is 8.59. The molecule has 0 radical (unpaired) electrons. The monoisotopic (exact) mass is 203 g/mol. The van der Waals surface area contributed by atoms with Crippen LogP contribution in [0.5, 0.6) is 0 Å². The maximum atomic E-state index is 10.2.